The number of ether oxygens (including phenoxy) is 1. The number of hydrogen-bond donors (Lipinski definition) is 1. The average molecular weight is 414 g/mol. The number of amides is 2. The van der Waals surface area contributed by atoms with E-state index >= 15 is 0 Å². The number of carbonyl (C=O) groups excluding carboxylic acids is 1. The monoisotopic (exact) mass is 413 g/mol. The lowest BCUT2D eigenvalue weighted by atomic mass is 10.1. The van der Waals surface area contributed by atoms with Crippen LogP contribution in [-0.2, 0) is 11.3 Å². The molecule has 0 unspecified atom stereocenters. The predicted octanol–water partition coefficient (Wildman–Crippen LogP) is 4.06. The smallest absolute Gasteiger partial charge is 0.321 e. The highest BCUT2D eigenvalue weighted by Crippen LogP contribution is 2.30. The molecule has 7 nitrogen and oxygen atoms in total. The van der Waals surface area contributed by atoms with Crippen LogP contribution in [0.2, 0.25) is 5.02 Å². The Kier molecular flexibility index (Phi) is 5.69. The van der Waals surface area contributed by atoms with Crippen molar-refractivity contribution in [2.45, 2.75) is 25.8 Å². The first-order valence-electron chi connectivity index (χ1n) is 9.69. The fourth-order valence-corrected chi connectivity index (χ4v) is 3.94. The lowest BCUT2D eigenvalue weighted by molar-refractivity contribution is 0.186. The van der Waals surface area contributed by atoms with Gasteiger partial charge in [0.2, 0.25) is 0 Å². The van der Waals surface area contributed by atoms with Crippen LogP contribution in [0.15, 0.2) is 36.5 Å². The van der Waals surface area contributed by atoms with Gasteiger partial charge in [0, 0.05) is 49.6 Å². The number of hydrogen-bond acceptors (Lipinski definition) is 4. The number of nitrogens with zero attached hydrogens (tertiary/aromatic N) is 4. The lowest BCUT2D eigenvalue weighted by Gasteiger charge is -2.19. The Morgan fingerprint density at radius 1 is 1.38 bits per heavy atom. The number of likely N-dealkylation sites (tertiary alicyclic amines) is 1. The fourth-order valence-electron chi connectivity index (χ4n) is 3.77. The highest BCUT2D eigenvalue weighted by Gasteiger charge is 2.31. The first kappa shape index (κ1) is 19.7. The minimum absolute atomic E-state index is 0.115. The number of imidazole rings is 1. The number of carbonyl (C=O) groups is 1. The molecule has 1 N–H and O–H groups in total. The first-order chi connectivity index (χ1) is 14.1. The highest BCUT2D eigenvalue weighted by atomic mass is 35.5. The molecule has 3 aromatic rings. The van der Waals surface area contributed by atoms with Crippen molar-refractivity contribution >= 4 is 34.5 Å². The standard InChI is InChI=1S/C21H24ClN5O2/c1-14-5-6-16(22)12-18(14)25-21(28)26-9-7-15(13-26)19-24-17-4-3-8-23-20(17)27(19)10-11-29-2/h3-6,8,12,15H,7,9-11,13H2,1-2H3,(H,25,28)/t15-/m0/s1. The van der Waals surface area contributed by atoms with Crippen LogP contribution in [0.25, 0.3) is 11.2 Å². The second-order valence-corrected chi connectivity index (χ2v) is 7.72. The van der Waals surface area contributed by atoms with Crippen molar-refractivity contribution in [1.82, 2.24) is 19.4 Å². The molecule has 152 valence electrons. The van der Waals surface area contributed by atoms with Crippen LogP contribution in [0, 0.1) is 6.92 Å². The molecule has 2 aromatic heterocycles. The Bertz CT molecular complexity index is 1040. The van der Waals surface area contributed by atoms with E-state index in [1.807, 2.05) is 36.1 Å². The molecule has 0 radical (unpaired) electrons. The summed E-state index contributed by atoms with van der Waals surface area (Å²) in [6.45, 7) is 4.51. The number of anilines is 1. The van der Waals surface area contributed by atoms with Crippen LogP contribution < -0.4 is 5.32 Å². The number of aryl methyl sites for hydroxylation is 1. The van der Waals surface area contributed by atoms with E-state index in [1.54, 1.807) is 19.4 Å². The van der Waals surface area contributed by atoms with Crippen molar-refractivity contribution in [3.8, 4) is 0 Å². The van der Waals surface area contributed by atoms with Crippen molar-refractivity contribution in [3.05, 3.63) is 52.9 Å². The molecule has 1 atom stereocenters. The number of urea groups is 1. The van der Waals surface area contributed by atoms with E-state index in [4.69, 9.17) is 21.3 Å². The number of fused-ring (bicyclic) bond motifs is 1. The minimum Gasteiger partial charge on any atom is -0.383 e. The van der Waals surface area contributed by atoms with Crippen molar-refractivity contribution in [2.75, 3.05) is 32.1 Å². The molecule has 1 aliphatic rings. The molecule has 1 aliphatic heterocycles. The zero-order chi connectivity index (χ0) is 20.4. The Hall–Kier alpha value is -2.64. The van der Waals surface area contributed by atoms with Gasteiger partial charge in [-0.3, -0.25) is 0 Å². The van der Waals surface area contributed by atoms with E-state index in [-0.39, 0.29) is 11.9 Å². The zero-order valence-electron chi connectivity index (χ0n) is 16.6. The van der Waals surface area contributed by atoms with Crippen molar-refractivity contribution < 1.29 is 9.53 Å². The number of pyridine rings is 1. The van der Waals surface area contributed by atoms with Crippen LogP contribution >= 0.6 is 11.6 Å². The minimum atomic E-state index is -0.115. The van der Waals surface area contributed by atoms with Crippen LogP contribution in [0.3, 0.4) is 0 Å². The van der Waals surface area contributed by atoms with E-state index in [1.165, 1.54) is 0 Å². The summed E-state index contributed by atoms with van der Waals surface area (Å²) in [5, 5.41) is 3.58. The van der Waals surface area contributed by atoms with Gasteiger partial charge in [-0.15, -0.1) is 0 Å². The van der Waals surface area contributed by atoms with Crippen molar-refractivity contribution in [2.24, 2.45) is 0 Å². The fraction of sp³-hybridized carbons (Fsp3) is 0.381. The maximum Gasteiger partial charge on any atom is 0.321 e. The summed E-state index contributed by atoms with van der Waals surface area (Å²) in [4.78, 5) is 23.9. The number of methoxy groups -OCH3 is 1. The van der Waals surface area contributed by atoms with Gasteiger partial charge in [-0.25, -0.2) is 14.8 Å². The molecule has 0 saturated carbocycles. The summed E-state index contributed by atoms with van der Waals surface area (Å²) in [7, 11) is 1.69. The highest BCUT2D eigenvalue weighted by molar-refractivity contribution is 6.31. The van der Waals surface area contributed by atoms with Gasteiger partial charge in [-0.2, -0.15) is 0 Å². The molecule has 8 heteroatoms. The Labute approximate surface area is 174 Å². The Morgan fingerprint density at radius 2 is 2.24 bits per heavy atom. The Balaban J connectivity index is 1.52. The number of aromatic nitrogens is 3. The summed E-state index contributed by atoms with van der Waals surface area (Å²) in [6.07, 6.45) is 2.64. The van der Waals surface area contributed by atoms with Gasteiger partial charge in [0.25, 0.3) is 0 Å². The van der Waals surface area contributed by atoms with E-state index in [9.17, 15) is 4.79 Å². The van der Waals surface area contributed by atoms with Gasteiger partial charge in [0.1, 0.15) is 11.3 Å². The molecule has 1 saturated heterocycles. The second-order valence-electron chi connectivity index (χ2n) is 7.28. The predicted molar refractivity (Wildman–Crippen MR) is 114 cm³/mol. The first-order valence-corrected chi connectivity index (χ1v) is 10.1. The third-order valence-electron chi connectivity index (χ3n) is 5.33. The number of rotatable bonds is 5. The molecule has 0 spiro atoms. The quantitative estimate of drug-likeness (QED) is 0.684. The lowest BCUT2D eigenvalue weighted by Crippen LogP contribution is -2.33. The van der Waals surface area contributed by atoms with Crippen LogP contribution in [0.4, 0.5) is 10.5 Å². The van der Waals surface area contributed by atoms with Gasteiger partial charge in [0.15, 0.2) is 5.65 Å². The largest absolute Gasteiger partial charge is 0.383 e. The molecule has 1 fully saturated rings. The number of nitrogens with one attached hydrogen (secondary N) is 1. The third kappa shape index (κ3) is 4.06. The van der Waals surface area contributed by atoms with Crippen LogP contribution in [0.1, 0.15) is 23.7 Å². The molecule has 29 heavy (non-hydrogen) atoms. The molecule has 0 aliphatic carbocycles. The summed E-state index contributed by atoms with van der Waals surface area (Å²) in [5.41, 5.74) is 3.45. The molecule has 4 rings (SSSR count). The van der Waals surface area contributed by atoms with Crippen LogP contribution in [0.5, 0.6) is 0 Å². The third-order valence-corrected chi connectivity index (χ3v) is 5.57. The summed E-state index contributed by atoms with van der Waals surface area (Å²) in [6, 6.07) is 9.23. The zero-order valence-corrected chi connectivity index (χ0v) is 17.3. The van der Waals surface area contributed by atoms with Crippen molar-refractivity contribution in [1.29, 1.82) is 0 Å². The molecular formula is C21H24ClN5O2. The maximum absolute atomic E-state index is 12.8. The molecule has 3 heterocycles. The Morgan fingerprint density at radius 3 is 3.07 bits per heavy atom. The summed E-state index contributed by atoms with van der Waals surface area (Å²) >= 11 is 6.07. The van der Waals surface area contributed by atoms with Gasteiger partial charge in [-0.1, -0.05) is 17.7 Å². The van der Waals surface area contributed by atoms with Crippen LogP contribution in [-0.4, -0.2) is 52.3 Å². The van der Waals surface area contributed by atoms with E-state index in [2.05, 4.69) is 14.9 Å². The number of halogens is 1. The van der Waals surface area contributed by atoms with E-state index < -0.39 is 0 Å². The average Bonchev–Trinajstić information content (AvgIpc) is 3.34. The number of benzene rings is 1. The van der Waals surface area contributed by atoms with Gasteiger partial charge >= 0.3 is 6.03 Å². The van der Waals surface area contributed by atoms with Crippen molar-refractivity contribution in [3.63, 3.8) is 0 Å². The normalized spacial score (nSPS) is 16.5. The topological polar surface area (TPSA) is 72.3 Å². The molecule has 1 aromatic carbocycles. The molecule has 0 bridgehead atoms. The van der Waals surface area contributed by atoms with Gasteiger partial charge in [-0.05, 0) is 43.2 Å². The van der Waals surface area contributed by atoms with E-state index in [0.29, 0.717) is 31.3 Å². The molecular weight excluding hydrogens is 390 g/mol. The summed E-state index contributed by atoms with van der Waals surface area (Å²) < 4.78 is 7.38. The van der Waals surface area contributed by atoms with E-state index in [0.717, 1.165) is 34.7 Å². The SMILES string of the molecule is COCCn1c([C@H]2CCN(C(=O)Nc3cc(Cl)ccc3C)C2)nc2cccnc21. The van der Waals surface area contributed by atoms with Gasteiger partial charge < -0.3 is 19.5 Å². The van der Waals surface area contributed by atoms with Gasteiger partial charge in [0.05, 0.1) is 6.61 Å². The molecule has 2 amide bonds. The second kappa shape index (κ2) is 8.39. The summed E-state index contributed by atoms with van der Waals surface area (Å²) in [5.74, 6) is 1.12. The maximum atomic E-state index is 12.8.